The molecule has 0 bridgehead atoms. The summed E-state index contributed by atoms with van der Waals surface area (Å²) in [6.07, 6.45) is 0.262. The van der Waals surface area contributed by atoms with Gasteiger partial charge in [-0.25, -0.2) is 0 Å². The Bertz CT molecular complexity index is 529. The molecule has 2 amide bonds. The molecule has 0 aliphatic carbocycles. The van der Waals surface area contributed by atoms with Crippen LogP contribution in [-0.4, -0.2) is 23.0 Å². The van der Waals surface area contributed by atoms with Crippen LogP contribution in [0.5, 0.6) is 0 Å². The van der Waals surface area contributed by atoms with Crippen LogP contribution < -0.4 is 10.6 Å². The molecule has 5 nitrogen and oxygen atoms in total. The van der Waals surface area contributed by atoms with Gasteiger partial charge in [-0.15, -0.1) is 0 Å². The van der Waals surface area contributed by atoms with Gasteiger partial charge in [0, 0.05) is 18.2 Å². The van der Waals surface area contributed by atoms with E-state index in [1.165, 1.54) is 0 Å². The number of aliphatic hydroxyl groups is 1. The molecular weight excluding hydrogens is 292 g/mol. The average molecular weight is 320 g/mol. The standard InChI is InChI=1S/C18H28N2O3/c1-5-13(4)18(23)20-15-8-6-7-14(9-15)11-19-17(22)10-16(21)12(2)3/h6-9,12-13,16,21H,5,10-11H2,1-4H3,(H,19,22)(H,20,23). The number of rotatable bonds is 8. The van der Waals surface area contributed by atoms with Gasteiger partial charge in [-0.3, -0.25) is 9.59 Å². The van der Waals surface area contributed by atoms with Crippen LogP contribution in [-0.2, 0) is 16.1 Å². The summed E-state index contributed by atoms with van der Waals surface area (Å²) in [5.74, 6) is -0.162. The highest BCUT2D eigenvalue weighted by atomic mass is 16.3. The SMILES string of the molecule is CCC(C)C(=O)Nc1cccc(CNC(=O)CC(O)C(C)C)c1. The molecule has 0 radical (unpaired) electrons. The molecule has 0 saturated carbocycles. The van der Waals surface area contributed by atoms with Gasteiger partial charge in [0.1, 0.15) is 0 Å². The Labute approximate surface area is 138 Å². The minimum atomic E-state index is -0.629. The highest BCUT2D eigenvalue weighted by Gasteiger charge is 2.14. The van der Waals surface area contributed by atoms with E-state index in [4.69, 9.17) is 0 Å². The molecule has 2 atom stereocenters. The summed E-state index contributed by atoms with van der Waals surface area (Å²) < 4.78 is 0. The van der Waals surface area contributed by atoms with Crippen LogP contribution >= 0.6 is 0 Å². The van der Waals surface area contributed by atoms with Crippen molar-refractivity contribution in [2.24, 2.45) is 11.8 Å². The number of nitrogens with one attached hydrogen (secondary N) is 2. The van der Waals surface area contributed by atoms with E-state index in [0.29, 0.717) is 6.54 Å². The van der Waals surface area contributed by atoms with Crippen LogP contribution in [0.4, 0.5) is 5.69 Å². The average Bonchev–Trinajstić information content (AvgIpc) is 2.52. The Morgan fingerprint density at radius 2 is 1.91 bits per heavy atom. The topological polar surface area (TPSA) is 78.4 Å². The molecular formula is C18H28N2O3. The third kappa shape index (κ3) is 6.82. The zero-order chi connectivity index (χ0) is 17.4. The third-order valence-electron chi connectivity index (χ3n) is 3.91. The van der Waals surface area contributed by atoms with Crippen LogP contribution in [0.15, 0.2) is 24.3 Å². The fourth-order valence-electron chi connectivity index (χ4n) is 1.91. The highest BCUT2D eigenvalue weighted by molar-refractivity contribution is 5.92. The molecule has 0 aliphatic rings. The zero-order valence-electron chi connectivity index (χ0n) is 14.4. The summed E-state index contributed by atoms with van der Waals surface area (Å²) in [6.45, 7) is 7.99. The minimum absolute atomic E-state index is 0.00580. The molecule has 0 spiro atoms. The number of hydrogen-bond acceptors (Lipinski definition) is 3. The largest absolute Gasteiger partial charge is 0.392 e. The molecule has 1 aromatic carbocycles. The molecule has 0 aromatic heterocycles. The van der Waals surface area contributed by atoms with E-state index in [1.807, 2.05) is 52.0 Å². The van der Waals surface area contributed by atoms with E-state index in [0.717, 1.165) is 17.7 Å². The molecule has 0 aliphatic heterocycles. The van der Waals surface area contributed by atoms with Crippen molar-refractivity contribution in [2.45, 2.75) is 53.2 Å². The van der Waals surface area contributed by atoms with Gasteiger partial charge in [0.05, 0.1) is 12.5 Å². The Balaban J connectivity index is 2.54. The first-order chi connectivity index (χ1) is 10.8. The predicted molar refractivity (Wildman–Crippen MR) is 91.8 cm³/mol. The smallest absolute Gasteiger partial charge is 0.227 e. The Hall–Kier alpha value is -1.88. The fraction of sp³-hybridized carbons (Fsp3) is 0.556. The lowest BCUT2D eigenvalue weighted by Gasteiger charge is -2.14. The number of benzene rings is 1. The highest BCUT2D eigenvalue weighted by Crippen LogP contribution is 2.13. The van der Waals surface area contributed by atoms with Crippen molar-refractivity contribution in [1.82, 2.24) is 5.32 Å². The van der Waals surface area contributed by atoms with E-state index >= 15 is 0 Å². The number of carbonyl (C=O) groups excluding carboxylic acids is 2. The lowest BCUT2D eigenvalue weighted by Crippen LogP contribution is -2.29. The summed E-state index contributed by atoms with van der Waals surface area (Å²) in [4.78, 5) is 23.7. The maximum atomic E-state index is 11.9. The van der Waals surface area contributed by atoms with Crippen molar-refractivity contribution in [1.29, 1.82) is 0 Å². The van der Waals surface area contributed by atoms with Gasteiger partial charge in [0.2, 0.25) is 11.8 Å². The predicted octanol–water partition coefficient (Wildman–Crippen LogP) is 2.69. The monoisotopic (exact) mass is 320 g/mol. The molecule has 128 valence electrons. The van der Waals surface area contributed by atoms with Crippen LogP contribution in [0.3, 0.4) is 0 Å². The van der Waals surface area contributed by atoms with Crippen molar-refractivity contribution in [3.8, 4) is 0 Å². The first-order valence-electron chi connectivity index (χ1n) is 8.18. The van der Waals surface area contributed by atoms with Gasteiger partial charge in [-0.05, 0) is 30.0 Å². The summed E-state index contributed by atoms with van der Waals surface area (Å²) >= 11 is 0. The Kier molecular flexibility index (Phi) is 7.75. The van der Waals surface area contributed by atoms with Gasteiger partial charge in [0.15, 0.2) is 0 Å². The third-order valence-corrected chi connectivity index (χ3v) is 3.91. The first kappa shape index (κ1) is 19.2. The Morgan fingerprint density at radius 3 is 2.52 bits per heavy atom. The quantitative estimate of drug-likeness (QED) is 0.689. The van der Waals surface area contributed by atoms with Gasteiger partial charge in [0.25, 0.3) is 0 Å². The van der Waals surface area contributed by atoms with Crippen molar-refractivity contribution in [3.05, 3.63) is 29.8 Å². The molecule has 1 rings (SSSR count). The Morgan fingerprint density at radius 1 is 1.22 bits per heavy atom. The molecule has 5 heteroatoms. The summed E-state index contributed by atoms with van der Waals surface area (Å²) in [7, 11) is 0. The number of hydrogen-bond donors (Lipinski definition) is 3. The number of anilines is 1. The van der Waals surface area contributed by atoms with E-state index < -0.39 is 6.10 Å². The van der Waals surface area contributed by atoms with Crippen LogP contribution in [0, 0.1) is 11.8 Å². The van der Waals surface area contributed by atoms with Crippen LogP contribution in [0.1, 0.15) is 46.1 Å². The summed E-state index contributed by atoms with van der Waals surface area (Å²) in [6, 6.07) is 7.41. The lowest BCUT2D eigenvalue weighted by molar-refractivity contribution is -0.123. The molecule has 3 N–H and O–H groups in total. The van der Waals surface area contributed by atoms with E-state index in [-0.39, 0.29) is 30.1 Å². The zero-order valence-corrected chi connectivity index (χ0v) is 14.4. The molecule has 0 saturated heterocycles. The molecule has 1 aromatic rings. The van der Waals surface area contributed by atoms with Crippen molar-refractivity contribution < 1.29 is 14.7 Å². The summed E-state index contributed by atoms with van der Waals surface area (Å²) in [5.41, 5.74) is 1.63. The van der Waals surface area contributed by atoms with Gasteiger partial charge in [-0.1, -0.05) is 39.8 Å². The van der Waals surface area contributed by atoms with Crippen LogP contribution in [0.2, 0.25) is 0 Å². The van der Waals surface area contributed by atoms with E-state index in [9.17, 15) is 14.7 Å². The maximum absolute atomic E-state index is 11.9. The number of carbonyl (C=O) groups is 2. The molecule has 0 heterocycles. The van der Waals surface area contributed by atoms with Crippen molar-refractivity contribution >= 4 is 17.5 Å². The van der Waals surface area contributed by atoms with Gasteiger partial charge >= 0.3 is 0 Å². The lowest BCUT2D eigenvalue weighted by atomic mass is 10.0. The van der Waals surface area contributed by atoms with Gasteiger partial charge in [-0.2, -0.15) is 0 Å². The van der Waals surface area contributed by atoms with Crippen molar-refractivity contribution in [2.75, 3.05) is 5.32 Å². The van der Waals surface area contributed by atoms with E-state index in [1.54, 1.807) is 0 Å². The fourth-order valence-corrected chi connectivity index (χ4v) is 1.91. The maximum Gasteiger partial charge on any atom is 0.227 e. The van der Waals surface area contributed by atoms with Crippen molar-refractivity contribution in [3.63, 3.8) is 0 Å². The second-order valence-corrected chi connectivity index (χ2v) is 6.29. The minimum Gasteiger partial charge on any atom is -0.392 e. The van der Waals surface area contributed by atoms with Gasteiger partial charge < -0.3 is 15.7 Å². The molecule has 2 unspecified atom stereocenters. The first-order valence-corrected chi connectivity index (χ1v) is 8.18. The second kappa shape index (κ2) is 9.30. The normalized spacial score (nSPS) is 13.5. The van der Waals surface area contributed by atoms with E-state index in [2.05, 4.69) is 10.6 Å². The number of amides is 2. The number of aliphatic hydroxyl groups excluding tert-OH is 1. The van der Waals surface area contributed by atoms with Crippen LogP contribution in [0.25, 0.3) is 0 Å². The molecule has 0 fully saturated rings. The summed E-state index contributed by atoms with van der Waals surface area (Å²) in [5, 5.41) is 15.4. The second-order valence-electron chi connectivity index (χ2n) is 6.29. The molecule has 23 heavy (non-hydrogen) atoms.